The van der Waals surface area contributed by atoms with Crippen molar-refractivity contribution >= 4 is 17.7 Å². The van der Waals surface area contributed by atoms with Crippen molar-refractivity contribution in [1.29, 1.82) is 0 Å². The van der Waals surface area contributed by atoms with Gasteiger partial charge in [-0.25, -0.2) is 4.68 Å². The summed E-state index contributed by atoms with van der Waals surface area (Å²) in [7, 11) is 0. The molecule has 1 aromatic carbocycles. The summed E-state index contributed by atoms with van der Waals surface area (Å²) in [5.41, 5.74) is 2.93. The summed E-state index contributed by atoms with van der Waals surface area (Å²) in [6.45, 7) is 1.65. The number of nitrogens with zero attached hydrogens (tertiary/aromatic N) is 2. The van der Waals surface area contributed by atoms with E-state index in [0.29, 0.717) is 18.2 Å². The van der Waals surface area contributed by atoms with E-state index < -0.39 is 5.97 Å². The number of hydrogen-bond acceptors (Lipinski definition) is 3. The molecule has 6 heteroatoms. The number of carbonyl (C=O) groups is 2. The van der Waals surface area contributed by atoms with Crippen LogP contribution in [0.4, 0.5) is 5.82 Å². The molecule has 1 aliphatic carbocycles. The largest absolute Gasteiger partial charge is 0.480 e. The molecule has 0 bridgehead atoms. The van der Waals surface area contributed by atoms with E-state index in [1.54, 1.807) is 0 Å². The number of fused-ring (bicyclic) bond motifs is 2. The molecule has 2 heterocycles. The SMILES string of the molecule is Cc1nn(CC(=O)O)c2c1C1(CC(=O)N2)CC(c2ccccc2)C1. The van der Waals surface area contributed by atoms with E-state index in [0.717, 1.165) is 24.1 Å². The second kappa shape index (κ2) is 5.19. The van der Waals surface area contributed by atoms with Crippen molar-refractivity contribution in [2.45, 2.75) is 44.1 Å². The van der Waals surface area contributed by atoms with Crippen LogP contribution in [0.3, 0.4) is 0 Å². The highest BCUT2D eigenvalue weighted by molar-refractivity contribution is 5.95. The Hall–Kier alpha value is -2.63. The number of carboxylic acid groups (broad SMARTS) is 1. The van der Waals surface area contributed by atoms with E-state index in [9.17, 15) is 9.59 Å². The third kappa shape index (κ3) is 2.21. The summed E-state index contributed by atoms with van der Waals surface area (Å²) in [5, 5.41) is 16.3. The van der Waals surface area contributed by atoms with Crippen molar-refractivity contribution in [2.75, 3.05) is 5.32 Å². The van der Waals surface area contributed by atoms with Gasteiger partial charge in [-0.3, -0.25) is 9.59 Å². The molecule has 0 saturated heterocycles. The van der Waals surface area contributed by atoms with E-state index in [2.05, 4.69) is 22.5 Å². The maximum absolute atomic E-state index is 12.2. The molecule has 124 valence electrons. The molecule has 6 nitrogen and oxygen atoms in total. The van der Waals surface area contributed by atoms with Crippen molar-refractivity contribution in [3.63, 3.8) is 0 Å². The van der Waals surface area contributed by atoms with Gasteiger partial charge in [0.2, 0.25) is 5.91 Å². The standard InChI is InChI=1S/C18H19N3O3/c1-11-16-17(21(20-11)10-15(23)24)19-14(22)9-18(16)7-13(8-18)12-5-3-2-4-6-12/h2-6,13H,7-10H2,1H3,(H,19,22)(H,23,24). The predicted molar refractivity (Wildman–Crippen MR) is 87.9 cm³/mol. The number of carbonyl (C=O) groups excluding carboxylic acids is 1. The Labute approximate surface area is 139 Å². The Balaban J connectivity index is 1.69. The van der Waals surface area contributed by atoms with Gasteiger partial charge in [-0.05, 0) is 31.2 Å². The van der Waals surface area contributed by atoms with Crippen LogP contribution in [0.2, 0.25) is 0 Å². The Kier molecular flexibility index (Phi) is 3.23. The minimum absolute atomic E-state index is 0.0550. The fourth-order valence-electron chi connectivity index (χ4n) is 4.35. The number of amides is 1. The van der Waals surface area contributed by atoms with Gasteiger partial charge in [0.05, 0.1) is 5.69 Å². The van der Waals surface area contributed by atoms with Crippen LogP contribution in [-0.4, -0.2) is 26.8 Å². The van der Waals surface area contributed by atoms with E-state index in [1.807, 2.05) is 25.1 Å². The zero-order valence-corrected chi connectivity index (χ0v) is 13.5. The lowest BCUT2D eigenvalue weighted by atomic mass is 9.54. The highest BCUT2D eigenvalue weighted by Crippen LogP contribution is 2.58. The van der Waals surface area contributed by atoms with Crippen molar-refractivity contribution in [3.05, 3.63) is 47.2 Å². The number of anilines is 1. The molecule has 0 unspecified atom stereocenters. The number of nitrogens with one attached hydrogen (secondary N) is 1. The Morgan fingerprint density at radius 1 is 1.38 bits per heavy atom. The van der Waals surface area contributed by atoms with Crippen molar-refractivity contribution in [1.82, 2.24) is 9.78 Å². The second-order valence-electron chi connectivity index (χ2n) is 6.88. The molecule has 2 N–H and O–H groups in total. The third-order valence-corrected chi connectivity index (χ3v) is 5.24. The van der Waals surface area contributed by atoms with Crippen molar-refractivity contribution in [2.24, 2.45) is 0 Å². The van der Waals surface area contributed by atoms with Gasteiger partial charge in [0.25, 0.3) is 0 Å². The van der Waals surface area contributed by atoms with E-state index in [1.165, 1.54) is 10.2 Å². The van der Waals surface area contributed by atoms with Gasteiger partial charge in [-0.1, -0.05) is 30.3 Å². The number of benzene rings is 1. The fraction of sp³-hybridized carbons (Fsp3) is 0.389. The molecule has 2 aromatic rings. The lowest BCUT2D eigenvalue weighted by molar-refractivity contribution is -0.138. The summed E-state index contributed by atoms with van der Waals surface area (Å²) in [6, 6.07) is 10.3. The molecule has 2 aliphatic rings. The monoisotopic (exact) mass is 325 g/mol. The van der Waals surface area contributed by atoms with Crippen LogP contribution in [-0.2, 0) is 21.5 Å². The summed E-state index contributed by atoms with van der Waals surface area (Å²) in [6.07, 6.45) is 2.25. The van der Waals surface area contributed by atoms with E-state index in [4.69, 9.17) is 5.11 Å². The van der Waals surface area contributed by atoms with Crippen LogP contribution in [0.5, 0.6) is 0 Å². The van der Waals surface area contributed by atoms with Crippen molar-refractivity contribution in [3.8, 4) is 0 Å². The summed E-state index contributed by atoms with van der Waals surface area (Å²) < 4.78 is 1.40. The molecule has 1 aliphatic heterocycles. The van der Waals surface area contributed by atoms with Gasteiger partial charge >= 0.3 is 5.97 Å². The molecular weight excluding hydrogens is 306 g/mol. The first kappa shape index (κ1) is 14.9. The Morgan fingerprint density at radius 2 is 2.08 bits per heavy atom. The Morgan fingerprint density at radius 3 is 2.75 bits per heavy atom. The van der Waals surface area contributed by atoms with Gasteiger partial charge < -0.3 is 10.4 Å². The van der Waals surface area contributed by atoms with Gasteiger partial charge in [-0.2, -0.15) is 5.10 Å². The maximum Gasteiger partial charge on any atom is 0.325 e. The van der Waals surface area contributed by atoms with Crippen LogP contribution in [0.1, 0.15) is 42.0 Å². The number of aromatic nitrogens is 2. The third-order valence-electron chi connectivity index (χ3n) is 5.24. The molecule has 1 amide bonds. The zero-order valence-electron chi connectivity index (χ0n) is 13.5. The van der Waals surface area contributed by atoms with Gasteiger partial charge in [0.15, 0.2) is 0 Å². The van der Waals surface area contributed by atoms with Crippen LogP contribution in [0, 0.1) is 6.92 Å². The lowest BCUT2D eigenvalue weighted by Gasteiger charge is -2.50. The topological polar surface area (TPSA) is 84.2 Å². The number of carboxylic acids is 1. The van der Waals surface area contributed by atoms with Crippen LogP contribution >= 0.6 is 0 Å². The molecule has 0 radical (unpaired) electrons. The summed E-state index contributed by atoms with van der Waals surface area (Å²) in [5.74, 6) is -0.0182. The highest BCUT2D eigenvalue weighted by Gasteiger charge is 2.52. The summed E-state index contributed by atoms with van der Waals surface area (Å²) >= 11 is 0. The second-order valence-corrected chi connectivity index (χ2v) is 6.88. The van der Waals surface area contributed by atoms with E-state index >= 15 is 0 Å². The van der Waals surface area contributed by atoms with Crippen LogP contribution in [0.15, 0.2) is 30.3 Å². The molecule has 1 fully saturated rings. The first-order valence-corrected chi connectivity index (χ1v) is 8.13. The van der Waals surface area contributed by atoms with E-state index in [-0.39, 0.29) is 17.9 Å². The molecule has 1 aromatic heterocycles. The quantitative estimate of drug-likeness (QED) is 0.908. The smallest absolute Gasteiger partial charge is 0.325 e. The first-order chi connectivity index (χ1) is 11.5. The normalized spacial score (nSPS) is 25.0. The average Bonchev–Trinajstić information content (AvgIpc) is 2.80. The van der Waals surface area contributed by atoms with Crippen LogP contribution in [0.25, 0.3) is 0 Å². The molecule has 1 saturated carbocycles. The molecule has 4 rings (SSSR count). The van der Waals surface area contributed by atoms with Crippen molar-refractivity contribution < 1.29 is 14.7 Å². The van der Waals surface area contributed by atoms with Gasteiger partial charge in [0, 0.05) is 17.4 Å². The highest BCUT2D eigenvalue weighted by atomic mass is 16.4. The first-order valence-electron chi connectivity index (χ1n) is 8.13. The fourth-order valence-corrected chi connectivity index (χ4v) is 4.35. The minimum atomic E-state index is -0.968. The summed E-state index contributed by atoms with van der Waals surface area (Å²) in [4.78, 5) is 23.3. The zero-order chi connectivity index (χ0) is 16.9. The van der Waals surface area contributed by atoms with Gasteiger partial charge in [0.1, 0.15) is 12.4 Å². The molecule has 24 heavy (non-hydrogen) atoms. The predicted octanol–water partition coefficient (Wildman–Crippen LogP) is 2.43. The Bertz CT molecular complexity index is 820. The average molecular weight is 325 g/mol. The van der Waals surface area contributed by atoms with Gasteiger partial charge in [-0.15, -0.1) is 0 Å². The van der Waals surface area contributed by atoms with Crippen LogP contribution < -0.4 is 5.32 Å². The number of rotatable bonds is 3. The minimum Gasteiger partial charge on any atom is -0.480 e. The number of aryl methyl sites for hydroxylation is 1. The number of hydrogen-bond donors (Lipinski definition) is 2. The number of aliphatic carboxylic acids is 1. The molecule has 0 atom stereocenters. The lowest BCUT2D eigenvalue weighted by Crippen LogP contribution is -2.46. The molecular formula is C18H19N3O3. The maximum atomic E-state index is 12.2. The molecule has 1 spiro atoms.